The normalized spacial score (nSPS) is 11.0. The van der Waals surface area contributed by atoms with Crippen molar-refractivity contribution in [2.75, 3.05) is 32.7 Å². The predicted molar refractivity (Wildman–Crippen MR) is 130 cm³/mol. The van der Waals surface area contributed by atoms with E-state index in [-0.39, 0.29) is 24.0 Å². The third kappa shape index (κ3) is 6.86. The standard InChI is InChI=1S/C24H25ClN2O6S/c1-31-22-12-7-17(15-23(22)32-2)13-14-26-34(29,30)19-10-8-18(9-11-19)33-16-24(28)27-21-6-4-3-5-20(21)25/h3-12,15,26H,13-14,16H2,1-2H3,(H,27,28). The number of sulfonamides is 1. The molecule has 0 atom stereocenters. The van der Waals surface area contributed by atoms with E-state index in [1.165, 1.54) is 24.3 Å². The van der Waals surface area contributed by atoms with Gasteiger partial charge in [-0.05, 0) is 60.5 Å². The van der Waals surface area contributed by atoms with Crippen molar-refractivity contribution in [3.8, 4) is 17.2 Å². The number of carbonyl (C=O) groups is 1. The maximum atomic E-state index is 12.6. The summed E-state index contributed by atoms with van der Waals surface area (Å²) in [6.07, 6.45) is 0.474. The summed E-state index contributed by atoms with van der Waals surface area (Å²) in [5.41, 5.74) is 1.39. The average Bonchev–Trinajstić information content (AvgIpc) is 2.84. The molecule has 3 aromatic rings. The summed E-state index contributed by atoms with van der Waals surface area (Å²) in [6.45, 7) is -0.0425. The van der Waals surface area contributed by atoms with Gasteiger partial charge < -0.3 is 19.5 Å². The van der Waals surface area contributed by atoms with Crippen LogP contribution in [0.5, 0.6) is 17.2 Å². The number of amides is 1. The first-order chi connectivity index (χ1) is 16.3. The van der Waals surface area contributed by atoms with Gasteiger partial charge in [-0.25, -0.2) is 13.1 Å². The largest absolute Gasteiger partial charge is 0.493 e. The fourth-order valence-electron chi connectivity index (χ4n) is 3.06. The minimum Gasteiger partial charge on any atom is -0.493 e. The summed E-state index contributed by atoms with van der Waals surface area (Å²) in [5, 5.41) is 3.07. The molecule has 2 N–H and O–H groups in total. The van der Waals surface area contributed by atoms with Crippen molar-refractivity contribution in [1.82, 2.24) is 4.72 Å². The second-order valence-corrected chi connectivity index (χ2v) is 9.30. The van der Waals surface area contributed by atoms with E-state index in [4.69, 9.17) is 25.8 Å². The van der Waals surface area contributed by atoms with E-state index in [0.29, 0.717) is 34.4 Å². The van der Waals surface area contributed by atoms with Gasteiger partial charge >= 0.3 is 0 Å². The fourth-order valence-corrected chi connectivity index (χ4v) is 4.28. The Bertz CT molecular complexity index is 1230. The minimum atomic E-state index is -3.71. The number of carbonyl (C=O) groups excluding carboxylic acids is 1. The minimum absolute atomic E-state index is 0.0904. The van der Waals surface area contributed by atoms with Crippen molar-refractivity contribution < 1.29 is 27.4 Å². The molecule has 3 aromatic carbocycles. The van der Waals surface area contributed by atoms with Crippen LogP contribution in [0.25, 0.3) is 0 Å². The summed E-state index contributed by atoms with van der Waals surface area (Å²) < 4.78 is 43.7. The molecule has 0 aliphatic heterocycles. The molecule has 0 heterocycles. The number of anilines is 1. The lowest BCUT2D eigenvalue weighted by Crippen LogP contribution is -2.26. The molecule has 0 fully saturated rings. The zero-order valence-corrected chi connectivity index (χ0v) is 20.3. The van der Waals surface area contributed by atoms with Crippen molar-refractivity contribution in [1.29, 1.82) is 0 Å². The van der Waals surface area contributed by atoms with Crippen LogP contribution in [0.2, 0.25) is 5.02 Å². The van der Waals surface area contributed by atoms with Crippen molar-refractivity contribution >= 4 is 33.2 Å². The first-order valence-corrected chi connectivity index (χ1v) is 12.2. The van der Waals surface area contributed by atoms with Gasteiger partial charge in [0.25, 0.3) is 5.91 Å². The van der Waals surface area contributed by atoms with Gasteiger partial charge in [-0.1, -0.05) is 29.8 Å². The molecule has 0 saturated carbocycles. The number of hydrogen-bond acceptors (Lipinski definition) is 6. The van der Waals surface area contributed by atoms with Crippen LogP contribution in [0.15, 0.2) is 71.6 Å². The Balaban J connectivity index is 1.51. The number of hydrogen-bond donors (Lipinski definition) is 2. The molecule has 10 heteroatoms. The van der Waals surface area contributed by atoms with Crippen LogP contribution in [0.4, 0.5) is 5.69 Å². The van der Waals surface area contributed by atoms with E-state index >= 15 is 0 Å². The van der Waals surface area contributed by atoms with Crippen molar-refractivity contribution in [2.45, 2.75) is 11.3 Å². The highest BCUT2D eigenvalue weighted by Crippen LogP contribution is 2.27. The second-order valence-electron chi connectivity index (χ2n) is 7.13. The Morgan fingerprint density at radius 2 is 1.65 bits per heavy atom. The summed E-state index contributed by atoms with van der Waals surface area (Å²) in [6, 6.07) is 18.1. The molecule has 0 unspecified atom stereocenters. The van der Waals surface area contributed by atoms with Crippen LogP contribution in [0.3, 0.4) is 0 Å². The van der Waals surface area contributed by atoms with Gasteiger partial charge in [0.15, 0.2) is 18.1 Å². The van der Waals surface area contributed by atoms with Gasteiger partial charge in [0.2, 0.25) is 10.0 Å². The van der Waals surface area contributed by atoms with E-state index in [1.54, 1.807) is 50.6 Å². The monoisotopic (exact) mass is 504 g/mol. The smallest absolute Gasteiger partial charge is 0.262 e. The highest BCUT2D eigenvalue weighted by atomic mass is 35.5. The van der Waals surface area contributed by atoms with Gasteiger partial charge in [-0.15, -0.1) is 0 Å². The van der Waals surface area contributed by atoms with E-state index in [9.17, 15) is 13.2 Å². The van der Waals surface area contributed by atoms with Crippen molar-refractivity contribution in [3.05, 3.63) is 77.3 Å². The van der Waals surface area contributed by atoms with E-state index in [2.05, 4.69) is 10.0 Å². The molecule has 0 aromatic heterocycles. The Hall–Kier alpha value is -3.27. The molecule has 0 spiro atoms. The lowest BCUT2D eigenvalue weighted by molar-refractivity contribution is -0.118. The summed E-state index contributed by atoms with van der Waals surface area (Å²) in [4.78, 5) is 12.2. The van der Waals surface area contributed by atoms with Crippen LogP contribution in [0.1, 0.15) is 5.56 Å². The van der Waals surface area contributed by atoms with E-state index < -0.39 is 10.0 Å². The average molecular weight is 505 g/mol. The van der Waals surface area contributed by atoms with Crippen LogP contribution in [-0.2, 0) is 21.2 Å². The first-order valence-electron chi connectivity index (χ1n) is 10.3. The molecule has 0 saturated heterocycles. The van der Waals surface area contributed by atoms with E-state index in [0.717, 1.165) is 5.56 Å². The van der Waals surface area contributed by atoms with Gasteiger partial charge in [-0.3, -0.25) is 4.79 Å². The third-order valence-electron chi connectivity index (χ3n) is 4.81. The van der Waals surface area contributed by atoms with E-state index in [1.807, 2.05) is 6.07 Å². The summed E-state index contributed by atoms with van der Waals surface area (Å²) in [7, 11) is -0.610. The Labute approximate surface area is 203 Å². The van der Waals surface area contributed by atoms with Gasteiger partial charge in [0, 0.05) is 6.54 Å². The van der Waals surface area contributed by atoms with Crippen LogP contribution >= 0.6 is 11.6 Å². The molecule has 180 valence electrons. The van der Waals surface area contributed by atoms with Crippen molar-refractivity contribution in [3.63, 3.8) is 0 Å². The SMILES string of the molecule is COc1ccc(CCNS(=O)(=O)c2ccc(OCC(=O)Nc3ccccc3Cl)cc2)cc1OC. The lowest BCUT2D eigenvalue weighted by atomic mass is 10.1. The molecule has 8 nitrogen and oxygen atoms in total. The zero-order chi connectivity index (χ0) is 24.6. The summed E-state index contributed by atoms with van der Waals surface area (Å²) >= 11 is 6.01. The fraction of sp³-hybridized carbons (Fsp3) is 0.208. The number of methoxy groups -OCH3 is 2. The molecular formula is C24H25ClN2O6S. The molecule has 0 aliphatic carbocycles. The molecule has 3 rings (SSSR count). The lowest BCUT2D eigenvalue weighted by Gasteiger charge is -2.11. The Kier molecular flexibility index (Phi) is 8.75. The van der Waals surface area contributed by atoms with Crippen LogP contribution in [0, 0.1) is 0 Å². The Morgan fingerprint density at radius 1 is 0.941 bits per heavy atom. The van der Waals surface area contributed by atoms with Gasteiger partial charge in [0.05, 0.1) is 29.8 Å². The van der Waals surface area contributed by atoms with Crippen LogP contribution < -0.4 is 24.2 Å². The number of halogens is 1. The van der Waals surface area contributed by atoms with Gasteiger partial charge in [0.1, 0.15) is 5.75 Å². The van der Waals surface area contributed by atoms with Gasteiger partial charge in [-0.2, -0.15) is 0 Å². The summed E-state index contributed by atoms with van der Waals surface area (Å²) in [5.74, 6) is 1.16. The molecular weight excluding hydrogens is 480 g/mol. The van der Waals surface area contributed by atoms with Crippen molar-refractivity contribution in [2.24, 2.45) is 0 Å². The molecule has 34 heavy (non-hydrogen) atoms. The maximum Gasteiger partial charge on any atom is 0.262 e. The molecule has 0 bridgehead atoms. The number of nitrogens with one attached hydrogen (secondary N) is 2. The highest BCUT2D eigenvalue weighted by molar-refractivity contribution is 7.89. The topological polar surface area (TPSA) is 103 Å². The number of ether oxygens (including phenoxy) is 3. The predicted octanol–water partition coefficient (Wildman–Crippen LogP) is 3.90. The molecule has 0 aliphatic rings. The third-order valence-corrected chi connectivity index (χ3v) is 6.61. The number of para-hydroxylation sites is 1. The molecule has 0 radical (unpaired) electrons. The highest BCUT2D eigenvalue weighted by Gasteiger charge is 2.14. The second kappa shape index (κ2) is 11.7. The first kappa shape index (κ1) is 25.4. The van der Waals surface area contributed by atoms with Crippen LogP contribution in [-0.4, -0.2) is 41.7 Å². The maximum absolute atomic E-state index is 12.6. The number of rotatable bonds is 11. The molecule has 1 amide bonds. The quantitative estimate of drug-likeness (QED) is 0.410. The number of benzene rings is 3. The zero-order valence-electron chi connectivity index (χ0n) is 18.7. The Morgan fingerprint density at radius 3 is 2.32 bits per heavy atom.